The van der Waals surface area contributed by atoms with Gasteiger partial charge in [0.1, 0.15) is 6.61 Å². The van der Waals surface area contributed by atoms with Gasteiger partial charge in [0.25, 0.3) is 0 Å². The normalized spacial score (nSPS) is 9.86. The van der Waals surface area contributed by atoms with Gasteiger partial charge in [-0.05, 0) is 24.8 Å². The van der Waals surface area contributed by atoms with E-state index in [1.807, 2.05) is 7.05 Å². The lowest BCUT2D eigenvalue weighted by atomic mass is 10.3. The van der Waals surface area contributed by atoms with Crippen molar-refractivity contribution in [1.82, 2.24) is 5.32 Å². The van der Waals surface area contributed by atoms with Crippen molar-refractivity contribution in [2.75, 3.05) is 20.2 Å². The first kappa shape index (κ1) is 10.7. The predicted octanol–water partition coefficient (Wildman–Crippen LogP) is 1.98. The Morgan fingerprint density at radius 2 is 2.21 bits per heavy atom. The van der Waals surface area contributed by atoms with E-state index in [0.29, 0.717) is 13.2 Å². The van der Waals surface area contributed by atoms with Crippen molar-refractivity contribution in [3.63, 3.8) is 0 Å². The van der Waals surface area contributed by atoms with Crippen LogP contribution in [0, 0.1) is 5.82 Å². The van der Waals surface area contributed by atoms with Crippen LogP contribution in [0.2, 0.25) is 0 Å². The van der Waals surface area contributed by atoms with Crippen LogP contribution in [-0.2, 0) is 0 Å². The summed E-state index contributed by atoms with van der Waals surface area (Å²) in [7, 11) is 1.83. The Balaban J connectivity index is 2.46. The molecular weight excluding hydrogens is 181 g/mol. The van der Waals surface area contributed by atoms with E-state index in [1.165, 1.54) is 6.07 Å². The van der Waals surface area contributed by atoms with Crippen molar-refractivity contribution in [3.05, 3.63) is 42.2 Å². The molecular formula is C11H14FNO. The van der Waals surface area contributed by atoms with Gasteiger partial charge >= 0.3 is 0 Å². The van der Waals surface area contributed by atoms with Crippen LogP contribution >= 0.6 is 0 Å². The Bertz CT molecular complexity index is 312. The third kappa shape index (κ3) is 3.18. The van der Waals surface area contributed by atoms with Crippen LogP contribution in [0.3, 0.4) is 0 Å². The molecule has 0 aliphatic rings. The van der Waals surface area contributed by atoms with Crippen LogP contribution in [0.15, 0.2) is 36.4 Å². The molecule has 0 unspecified atom stereocenters. The summed E-state index contributed by atoms with van der Waals surface area (Å²) in [5.41, 5.74) is 0.885. The molecule has 0 bridgehead atoms. The standard InChI is InChI=1S/C11H14FNO/c1-9(7-13-2)8-14-11-6-4-3-5-10(11)12/h3-6,13H,1,7-8H2,2H3. The van der Waals surface area contributed by atoms with Gasteiger partial charge in [0.05, 0.1) is 0 Å². The number of rotatable bonds is 5. The van der Waals surface area contributed by atoms with Crippen LogP contribution in [0.25, 0.3) is 0 Å². The fourth-order valence-corrected chi connectivity index (χ4v) is 1.04. The Morgan fingerprint density at radius 1 is 1.50 bits per heavy atom. The summed E-state index contributed by atoms with van der Waals surface area (Å²) in [6.07, 6.45) is 0. The number of halogens is 1. The van der Waals surface area contributed by atoms with Gasteiger partial charge in [-0.15, -0.1) is 0 Å². The summed E-state index contributed by atoms with van der Waals surface area (Å²) in [5, 5.41) is 2.95. The maximum atomic E-state index is 13.1. The third-order valence-corrected chi connectivity index (χ3v) is 1.70. The van der Waals surface area contributed by atoms with E-state index in [2.05, 4.69) is 11.9 Å². The summed E-state index contributed by atoms with van der Waals surface area (Å²) < 4.78 is 18.3. The van der Waals surface area contributed by atoms with E-state index < -0.39 is 0 Å². The number of ether oxygens (including phenoxy) is 1. The molecule has 0 radical (unpaired) electrons. The zero-order valence-electron chi connectivity index (χ0n) is 8.22. The third-order valence-electron chi connectivity index (χ3n) is 1.70. The number of likely N-dealkylation sites (N-methyl/N-ethyl adjacent to an activating group) is 1. The molecule has 14 heavy (non-hydrogen) atoms. The molecule has 1 aromatic carbocycles. The fourth-order valence-electron chi connectivity index (χ4n) is 1.04. The van der Waals surface area contributed by atoms with Crippen molar-refractivity contribution in [2.24, 2.45) is 0 Å². The number of para-hydroxylation sites is 1. The highest BCUT2D eigenvalue weighted by Gasteiger charge is 2.01. The minimum Gasteiger partial charge on any atom is -0.486 e. The van der Waals surface area contributed by atoms with Gasteiger partial charge in [-0.25, -0.2) is 4.39 Å². The Labute approximate surface area is 83.4 Å². The smallest absolute Gasteiger partial charge is 0.165 e. The Hall–Kier alpha value is -1.35. The topological polar surface area (TPSA) is 21.3 Å². The van der Waals surface area contributed by atoms with E-state index in [4.69, 9.17) is 4.74 Å². The molecule has 0 atom stereocenters. The van der Waals surface area contributed by atoms with Crippen LogP contribution in [0.5, 0.6) is 5.75 Å². The van der Waals surface area contributed by atoms with Crippen molar-refractivity contribution < 1.29 is 9.13 Å². The number of benzene rings is 1. The monoisotopic (exact) mass is 195 g/mol. The van der Waals surface area contributed by atoms with Crippen molar-refractivity contribution >= 4 is 0 Å². The molecule has 0 saturated carbocycles. The zero-order chi connectivity index (χ0) is 10.4. The number of nitrogens with one attached hydrogen (secondary N) is 1. The van der Waals surface area contributed by atoms with Crippen LogP contribution < -0.4 is 10.1 Å². The highest BCUT2D eigenvalue weighted by atomic mass is 19.1. The molecule has 1 aromatic rings. The summed E-state index contributed by atoms with van der Waals surface area (Å²) in [6, 6.07) is 6.34. The second kappa shape index (κ2) is 5.40. The number of hydrogen-bond acceptors (Lipinski definition) is 2. The molecule has 1 rings (SSSR count). The first-order valence-corrected chi connectivity index (χ1v) is 4.42. The summed E-state index contributed by atoms with van der Waals surface area (Å²) in [5.74, 6) is -0.0745. The SMILES string of the molecule is C=C(CNC)COc1ccccc1F. The molecule has 0 aromatic heterocycles. The van der Waals surface area contributed by atoms with Crippen LogP contribution in [0.1, 0.15) is 0 Å². The maximum Gasteiger partial charge on any atom is 0.165 e. The molecule has 0 aliphatic carbocycles. The predicted molar refractivity (Wildman–Crippen MR) is 55.0 cm³/mol. The number of hydrogen-bond donors (Lipinski definition) is 1. The molecule has 0 fully saturated rings. The van der Waals surface area contributed by atoms with Gasteiger partial charge in [-0.3, -0.25) is 0 Å². The molecule has 0 aliphatic heterocycles. The largest absolute Gasteiger partial charge is 0.486 e. The van der Waals surface area contributed by atoms with Gasteiger partial charge in [0.15, 0.2) is 11.6 Å². The average molecular weight is 195 g/mol. The summed E-state index contributed by atoms with van der Waals surface area (Å²) in [6.45, 7) is 4.79. The minimum atomic E-state index is -0.343. The lowest BCUT2D eigenvalue weighted by molar-refractivity contribution is 0.330. The molecule has 0 spiro atoms. The van der Waals surface area contributed by atoms with Crippen molar-refractivity contribution in [1.29, 1.82) is 0 Å². The van der Waals surface area contributed by atoms with E-state index in [1.54, 1.807) is 18.2 Å². The van der Waals surface area contributed by atoms with Gasteiger partial charge in [0, 0.05) is 6.54 Å². The maximum absolute atomic E-state index is 13.1. The highest BCUT2D eigenvalue weighted by Crippen LogP contribution is 2.15. The second-order valence-electron chi connectivity index (χ2n) is 3.00. The van der Waals surface area contributed by atoms with E-state index in [9.17, 15) is 4.39 Å². The molecule has 76 valence electrons. The minimum absolute atomic E-state index is 0.268. The molecule has 0 heterocycles. The van der Waals surface area contributed by atoms with Gasteiger partial charge in [-0.1, -0.05) is 18.7 Å². The summed E-state index contributed by atoms with van der Waals surface area (Å²) >= 11 is 0. The quantitative estimate of drug-likeness (QED) is 0.725. The van der Waals surface area contributed by atoms with Crippen LogP contribution in [-0.4, -0.2) is 20.2 Å². The zero-order valence-corrected chi connectivity index (χ0v) is 8.22. The fraction of sp³-hybridized carbons (Fsp3) is 0.273. The van der Waals surface area contributed by atoms with E-state index >= 15 is 0 Å². The van der Waals surface area contributed by atoms with Gasteiger partial charge in [-0.2, -0.15) is 0 Å². The molecule has 0 saturated heterocycles. The van der Waals surface area contributed by atoms with Crippen molar-refractivity contribution in [3.8, 4) is 5.75 Å². The average Bonchev–Trinajstić information content (AvgIpc) is 2.17. The Morgan fingerprint density at radius 3 is 2.86 bits per heavy atom. The van der Waals surface area contributed by atoms with E-state index in [0.717, 1.165) is 5.57 Å². The second-order valence-corrected chi connectivity index (χ2v) is 3.00. The lowest BCUT2D eigenvalue weighted by Crippen LogP contribution is -2.14. The molecule has 2 nitrogen and oxygen atoms in total. The van der Waals surface area contributed by atoms with Crippen LogP contribution in [0.4, 0.5) is 4.39 Å². The van der Waals surface area contributed by atoms with E-state index in [-0.39, 0.29) is 11.6 Å². The summed E-state index contributed by atoms with van der Waals surface area (Å²) in [4.78, 5) is 0. The van der Waals surface area contributed by atoms with Gasteiger partial charge < -0.3 is 10.1 Å². The Kier molecular flexibility index (Phi) is 4.13. The molecule has 0 amide bonds. The first-order valence-electron chi connectivity index (χ1n) is 4.42. The molecule has 3 heteroatoms. The first-order chi connectivity index (χ1) is 6.74. The lowest BCUT2D eigenvalue weighted by Gasteiger charge is -2.08. The highest BCUT2D eigenvalue weighted by molar-refractivity contribution is 5.24. The van der Waals surface area contributed by atoms with Gasteiger partial charge in [0.2, 0.25) is 0 Å². The van der Waals surface area contributed by atoms with Crippen molar-refractivity contribution in [2.45, 2.75) is 0 Å². The molecule has 1 N–H and O–H groups in total.